The highest BCUT2D eigenvalue weighted by Crippen LogP contribution is 1.66. The van der Waals surface area contributed by atoms with Crippen LogP contribution in [0.25, 0.3) is 0 Å². The molecule has 0 aliphatic heterocycles. The highest BCUT2D eigenvalue weighted by Gasteiger charge is 1.67. The van der Waals surface area contributed by atoms with Crippen molar-refractivity contribution in [2.75, 3.05) is 14.1 Å². The van der Waals surface area contributed by atoms with Gasteiger partial charge in [0.15, 0.2) is 0 Å². The number of aldehydes is 1. The molecule has 0 aromatic rings. The number of nitrogens with zero attached hydrogens (tertiary/aromatic N) is 1. The lowest BCUT2D eigenvalue weighted by atomic mass is 10.5. The Morgan fingerprint density at radius 2 is 2.11 bits per heavy atom. The van der Waals surface area contributed by atoms with Gasteiger partial charge in [0, 0.05) is 20.1 Å². The van der Waals surface area contributed by atoms with E-state index in [0.717, 1.165) is 0 Å². The molecule has 9 heavy (non-hydrogen) atoms. The van der Waals surface area contributed by atoms with Crippen LogP contribution in [-0.2, 0) is 4.79 Å². The Hall–Kier alpha value is -1.23. The standard InChI is InChI=1S/C7H9NO/c1-8(2)6-4-3-5-7-9/h3,5,7H,1-2H3/b5-3+. The second kappa shape index (κ2) is 4.92. The molecule has 0 radical (unpaired) electrons. The van der Waals surface area contributed by atoms with E-state index < -0.39 is 0 Å². The first-order chi connectivity index (χ1) is 4.27. The predicted molar refractivity (Wildman–Crippen MR) is 36.7 cm³/mol. The minimum Gasteiger partial charge on any atom is -0.338 e. The van der Waals surface area contributed by atoms with E-state index in [1.165, 1.54) is 12.2 Å². The van der Waals surface area contributed by atoms with E-state index in [2.05, 4.69) is 12.0 Å². The summed E-state index contributed by atoms with van der Waals surface area (Å²) in [4.78, 5) is 11.4. The Balaban J connectivity index is 3.61. The first-order valence-electron chi connectivity index (χ1n) is 2.56. The van der Waals surface area contributed by atoms with Gasteiger partial charge >= 0.3 is 0 Å². The van der Waals surface area contributed by atoms with Crippen molar-refractivity contribution in [3.63, 3.8) is 0 Å². The van der Waals surface area contributed by atoms with Crippen molar-refractivity contribution < 1.29 is 4.79 Å². The van der Waals surface area contributed by atoms with Gasteiger partial charge in [0.1, 0.15) is 6.29 Å². The molecule has 0 fully saturated rings. The Morgan fingerprint density at radius 3 is 2.56 bits per heavy atom. The number of allylic oxidation sites excluding steroid dienone is 2. The van der Waals surface area contributed by atoms with Gasteiger partial charge in [-0.1, -0.05) is 5.92 Å². The van der Waals surface area contributed by atoms with E-state index in [4.69, 9.17) is 0 Å². The average molecular weight is 123 g/mol. The zero-order valence-corrected chi connectivity index (χ0v) is 5.59. The minimum absolute atomic E-state index is 0.699. The van der Waals surface area contributed by atoms with Crippen molar-refractivity contribution in [3.05, 3.63) is 12.2 Å². The lowest BCUT2D eigenvalue weighted by Crippen LogP contribution is -2.00. The van der Waals surface area contributed by atoms with E-state index in [1.54, 1.807) is 4.90 Å². The molecule has 48 valence electrons. The predicted octanol–water partition coefficient (Wildman–Crippen LogP) is 0.264. The monoisotopic (exact) mass is 123 g/mol. The second-order valence-corrected chi connectivity index (χ2v) is 1.65. The lowest BCUT2D eigenvalue weighted by molar-refractivity contribution is -0.104. The zero-order valence-electron chi connectivity index (χ0n) is 5.59. The highest BCUT2D eigenvalue weighted by molar-refractivity contribution is 5.65. The molecular formula is C7H9NO. The fourth-order valence-electron chi connectivity index (χ4n) is 0.254. The molecule has 0 saturated heterocycles. The van der Waals surface area contributed by atoms with E-state index >= 15 is 0 Å². The van der Waals surface area contributed by atoms with Crippen molar-refractivity contribution in [2.45, 2.75) is 0 Å². The van der Waals surface area contributed by atoms with Crippen molar-refractivity contribution in [1.29, 1.82) is 0 Å². The van der Waals surface area contributed by atoms with Gasteiger partial charge in [0.25, 0.3) is 0 Å². The van der Waals surface area contributed by atoms with Crippen LogP contribution in [0.5, 0.6) is 0 Å². The van der Waals surface area contributed by atoms with Crippen molar-refractivity contribution in [3.8, 4) is 12.0 Å². The molecule has 0 aliphatic rings. The number of hydrogen-bond acceptors (Lipinski definition) is 2. The zero-order chi connectivity index (χ0) is 7.11. The van der Waals surface area contributed by atoms with Crippen LogP contribution in [0.1, 0.15) is 0 Å². The molecule has 0 bridgehead atoms. The largest absolute Gasteiger partial charge is 0.338 e. The van der Waals surface area contributed by atoms with Crippen LogP contribution in [-0.4, -0.2) is 25.3 Å². The summed E-state index contributed by atoms with van der Waals surface area (Å²) in [5.74, 6) is 2.65. The summed E-state index contributed by atoms with van der Waals surface area (Å²) >= 11 is 0. The van der Waals surface area contributed by atoms with Gasteiger partial charge in [0.2, 0.25) is 0 Å². The van der Waals surface area contributed by atoms with Gasteiger partial charge in [-0.25, -0.2) is 0 Å². The summed E-state index contributed by atoms with van der Waals surface area (Å²) in [5, 5.41) is 0. The fourth-order valence-corrected chi connectivity index (χ4v) is 0.254. The van der Waals surface area contributed by atoms with Crippen molar-refractivity contribution in [1.82, 2.24) is 4.90 Å². The Kier molecular flexibility index (Phi) is 4.25. The second-order valence-electron chi connectivity index (χ2n) is 1.65. The van der Waals surface area contributed by atoms with E-state index in [1.807, 2.05) is 14.1 Å². The fraction of sp³-hybridized carbons (Fsp3) is 0.286. The molecule has 0 rings (SSSR count). The van der Waals surface area contributed by atoms with Crippen LogP contribution in [0.4, 0.5) is 0 Å². The Labute approximate surface area is 55.2 Å². The van der Waals surface area contributed by atoms with Gasteiger partial charge < -0.3 is 4.90 Å². The van der Waals surface area contributed by atoms with Crippen molar-refractivity contribution in [2.24, 2.45) is 0 Å². The third-order valence-electron chi connectivity index (χ3n) is 0.546. The summed E-state index contributed by atoms with van der Waals surface area (Å²) in [7, 11) is 3.67. The maximum atomic E-state index is 9.68. The molecule has 0 aliphatic carbocycles. The van der Waals surface area contributed by atoms with E-state index in [-0.39, 0.29) is 0 Å². The Morgan fingerprint density at radius 1 is 1.44 bits per heavy atom. The summed E-state index contributed by atoms with van der Waals surface area (Å²) in [6.45, 7) is 0. The summed E-state index contributed by atoms with van der Waals surface area (Å²) in [6, 6.07) is 2.72. The van der Waals surface area contributed by atoms with Crippen LogP contribution in [0.15, 0.2) is 12.2 Å². The molecule has 0 spiro atoms. The first-order valence-corrected chi connectivity index (χ1v) is 2.56. The summed E-state index contributed by atoms with van der Waals surface area (Å²) in [5.41, 5.74) is 0. The van der Waals surface area contributed by atoms with Crippen molar-refractivity contribution >= 4 is 6.29 Å². The van der Waals surface area contributed by atoms with Gasteiger partial charge in [-0.3, -0.25) is 4.79 Å². The average Bonchev–Trinajstić information content (AvgIpc) is 1.80. The smallest absolute Gasteiger partial charge is 0.143 e. The highest BCUT2D eigenvalue weighted by atomic mass is 16.1. The number of hydrogen-bond donors (Lipinski definition) is 0. The molecule has 0 unspecified atom stereocenters. The Bertz CT molecular complexity index is 159. The SMILES string of the molecule is CN(C)C#C/C=C/C=O. The van der Waals surface area contributed by atoms with Gasteiger partial charge in [-0.2, -0.15) is 0 Å². The normalized spacial score (nSPS) is 8.22. The number of carbonyl (C=O) groups excluding carboxylic acids is 1. The molecule has 0 aromatic heterocycles. The van der Waals surface area contributed by atoms with Gasteiger partial charge in [-0.15, -0.1) is 0 Å². The van der Waals surface area contributed by atoms with Crippen LogP contribution in [0.2, 0.25) is 0 Å². The maximum Gasteiger partial charge on any atom is 0.143 e. The van der Waals surface area contributed by atoms with Crippen LogP contribution in [0, 0.1) is 12.0 Å². The summed E-state index contributed by atoms with van der Waals surface area (Å²) < 4.78 is 0. The van der Waals surface area contributed by atoms with Crippen LogP contribution in [0.3, 0.4) is 0 Å². The van der Waals surface area contributed by atoms with Gasteiger partial charge in [0.05, 0.1) is 0 Å². The topological polar surface area (TPSA) is 20.3 Å². The van der Waals surface area contributed by atoms with Crippen LogP contribution < -0.4 is 0 Å². The quantitative estimate of drug-likeness (QED) is 0.216. The van der Waals surface area contributed by atoms with Gasteiger partial charge in [-0.05, 0) is 12.2 Å². The number of carbonyl (C=O) groups is 1. The molecule has 0 saturated carbocycles. The van der Waals surface area contributed by atoms with Crippen LogP contribution >= 0.6 is 0 Å². The molecular weight excluding hydrogens is 114 g/mol. The molecule has 0 N–H and O–H groups in total. The van der Waals surface area contributed by atoms with E-state index in [0.29, 0.717) is 6.29 Å². The molecule has 0 heterocycles. The molecule has 2 heteroatoms. The molecule has 0 aromatic carbocycles. The minimum atomic E-state index is 0.699. The summed E-state index contributed by atoms with van der Waals surface area (Å²) in [6.07, 6.45) is 3.56. The number of rotatable bonds is 1. The van der Waals surface area contributed by atoms with E-state index in [9.17, 15) is 4.79 Å². The third-order valence-corrected chi connectivity index (χ3v) is 0.546. The molecule has 0 amide bonds. The molecule has 0 atom stereocenters. The lowest BCUT2D eigenvalue weighted by Gasteiger charge is -1.95. The maximum absolute atomic E-state index is 9.68. The third kappa shape index (κ3) is 6.77. The first kappa shape index (κ1) is 7.77. The molecule has 2 nitrogen and oxygen atoms in total.